The van der Waals surface area contributed by atoms with Crippen LogP contribution in [0.1, 0.15) is 19.9 Å². The first-order chi connectivity index (χ1) is 11.9. The second kappa shape index (κ2) is 7.36. The van der Waals surface area contributed by atoms with Crippen LogP contribution in [0.25, 0.3) is 0 Å². The van der Waals surface area contributed by atoms with Gasteiger partial charge in [0.15, 0.2) is 4.77 Å². The van der Waals surface area contributed by atoms with Crippen LogP contribution in [0, 0.1) is 4.77 Å². The Morgan fingerprint density at radius 1 is 1.12 bits per heavy atom. The van der Waals surface area contributed by atoms with Crippen LogP contribution < -0.4 is 0 Å². The highest BCUT2D eigenvalue weighted by atomic mass is 32.2. The largest absolute Gasteiger partial charge is 0.304 e. The van der Waals surface area contributed by atoms with Crippen LogP contribution in [0.4, 0.5) is 0 Å². The van der Waals surface area contributed by atoms with Crippen LogP contribution in [0.15, 0.2) is 41.6 Å². The molecule has 7 nitrogen and oxygen atoms in total. The molecule has 2 heterocycles. The first-order valence-electron chi connectivity index (χ1n) is 8.31. The lowest BCUT2D eigenvalue weighted by atomic mass is 10.4. The Labute approximate surface area is 153 Å². The normalized spacial score (nSPS) is 17.2. The maximum absolute atomic E-state index is 12.7. The summed E-state index contributed by atoms with van der Waals surface area (Å²) in [4.78, 5) is 2.52. The van der Waals surface area contributed by atoms with Gasteiger partial charge in [-0.25, -0.2) is 13.1 Å². The molecule has 1 aliphatic rings. The summed E-state index contributed by atoms with van der Waals surface area (Å²) in [6, 6.07) is 8.86. The minimum absolute atomic E-state index is 0.272. The second-order valence-electron chi connectivity index (χ2n) is 6.39. The maximum Gasteiger partial charge on any atom is 0.243 e. The van der Waals surface area contributed by atoms with Crippen LogP contribution in [-0.4, -0.2) is 58.1 Å². The molecule has 1 fully saturated rings. The minimum Gasteiger partial charge on any atom is -0.304 e. The van der Waals surface area contributed by atoms with Gasteiger partial charge in [-0.15, -0.1) is 0 Å². The molecule has 0 unspecified atom stereocenters. The van der Waals surface area contributed by atoms with E-state index in [1.165, 1.54) is 0 Å². The standard InChI is InChI=1S/C16H23N5O2S2/c1-14(2)20-12-17-21(16(20)24)13-18-8-10-19(11-9-18)25(22,23)15-6-4-3-5-7-15/h3-7,12,14H,8-11,13H2,1-2H3. The van der Waals surface area contributed by atoms with Gasteiger partial charge in [-0.1, -0.05) is 18.2 Å². The highest BCUT2D eigenvalue weighted by Gasteiger charge is 2.28. The number of hydrogen-bond acceptors (Lipinski definition) is 5. The lowest BCUT2D eigenvalue weighted by Crippen LogP contribution is -2.48. The molecule has 1 aromatic carbocycles. The van der Waals surface area contributed by atoms with Crippen LogP contribution in [0.5, 0.6) is 0 Å². The average molecular weight is 382 g/mol. The van der Waals surface area contributed by atoms with Crippen LogP contribution in [-0.2, 0) is 16.7 Å². The van der Waals surface area contributed by atoms with Gasteiger partial charge >= 0.3 is 0 Å². The number of aromatic nitrogens is 3. The SMILES string of the molecule is CC(C)n1cnn(CN2CCN(S(=O)(=O)c3ccccc3)CC2)c1=S. The van der Waals surface area contributed by atoms with Crippen molar-refractivity contribution in [1.82, 2.24) is 23.6 Å². The number of piperazine rings is 1. The molecule has 0 bridgehead atoms. The maximum atomic E-state index is 12.7. The Balaban J connectivity index is 1.64. The molecule has 3 rings (SSSR count). The Morgan fingerprint density at radius 3 is 2.32 bits per heavy atom. The quantitative estimate of drug-likeness (QED) is 0.741. The van der Waals surface area contributed by atoms with E-state index in [4.69, 9.17) is 12.2 Å². The first kappa shape index (κ1) is 18.2. The van der Waals surface area contributed by atoms with Gasteiger partial charge in [0.2, 0.25) is 10.0 Å². The third-order valence-corrected chi connectivity index (χ3v) is 6.69. The van der Waals surface area contributed by atoms with Crippen molar-refractivity contribution in [2.45, 2.75) is 31.5 Å². The molecule has 25 heavy (non-hydrogen) atoms. The van der Waals surface area contributed by atoms with E-state index >= 15 is 0 Å². The lowest BCUT2D eigenvalue weighted by molar-refractivity contribution is 0.144. The number of rotatable bonds is 5. The van der Waals surface area contributed by atoms with Gasteiger partial charge in [-0.2, -0.15) is 9.40 Å². The Bertz CT molecular complexity index is 865. The predicted octanol–water partition coefficient (Wildman–Crippen LogP) is 1.96. The molecule has 0 radical (unpaired) electrons. The molecular formula is C16H23N5O2S2. The fourth-order valence-corrected chi connectivity index (χ4v) is 4.65. The summed E-state index contributed by atoms with van der Waals surface area (Å²) >= 11 is 5.45. The molecule has 0 atom stereocenters. The monoisotopic (exact) mass is 381 g/mol. The molecule has 0 spiro atoms. The average Bonchev–Trinajstić information content (AvgIpc) is 2.97. The highest BCUT2D eigenvalue weighted by Crippen LogP contribution is 2.17. The molecule has 136 valence electrons. The molecule has 0 amide bonds. The van der Waals surface area contributed by atoms with Gasteiger partial charge in [-0.3, -0.25) is 4.90 Å². The van der Waals surface area contributed by atoms with E-state index in [-0.39, 0.29) is 6.04 Å². The van der Waals surface area contributed by atoms with Gasteiger partial charge in [0, 0.05) is 32.2 Å². The van der Waals surface area contributed by atoms with E-state index in [2.05, 4.69) is 23.8 Å². The number of benzene rings is 1. The van der Waals surface area contributed by atoms with E-state index in [9.17, 15) is 8.42 Å². The van der Waals surface area contributed by atoms with Crippen molar-refractivity contribution in [3.63, 3.8) is 0 Å². The molecule has 1 aromatic heterocycles. The summed E-state index contributed by atoms with van der Waals surface area (Å²) in [7, 11) is -3.41. The summed E-state index contributed by atoms with van der Waals surface area (Å²) in [5, 5.41) is 4.35. The number of sulfonamides is 1. The fraction of sp³-hybridized carbons (Fsp3) is 0.500. The minimum atomic E-state index is -3.41. The summed E-state index contributed by atoms with van der Waals surface area (Å²) < 4.78 is 31.3. The molecule has 1 aliphatic heterocycles. The molecule has 2 aromatic rings. The van der Waals surface area contributed by atoms with E-state index in [0.29, 0.717) is 42.5 Å². The van der Waals surface area contributed by atoms with Crippen molar-refractivity contribution in [1.29, 1.82) is 0 Å². The molecule has 1 saturated heterocycles. The molecule has 0 N–H and O–H groups in total. The molecule has 0 saturated carbocycles. The fourth-order valence-electron chi connectivity index (χ4n) is 2.84. The van der Waals surface area contributed by atoms with Crippen molar-refractivity contribution in [2.24, 2.45) is 0 Å². The van der Waals surface area contributed by atoms with Crippen LogP contribution in [0.3, 0.4) is 0 Å². The first-order valence-corrected chi connectivity index (χ1v) is 10.2. The van der Waals surface area contributed by atoms with Crippen molar-refractivity contribution in [3.8, 4) is 0 Å². The molecule has 9 heteroatoms. The third kappa shape index (κ3) is 3.84. The van der Waals surface area contributed by atoms with Gasteiger partial charge < -0.3 is 4.57 Å². The molecule has 0 aliphatic carbocycles. The Kier molecular flexibility index (Phi) is 5.38. The van der Waals surface area contributed by atoms with Crippen molar-refractivity contribution >= 4 is 22.2 Å². The van der Waals surface area contributed by atoms with Crippen LogP contribution >= 0.6 is 12.2 Å². The van der Waals surface area contributed by atoms with Crippen LogP contribution in [0.2, 0.25) is 0 Å². The Hall–Kier alpha value is -1.55. The van der Waals surface area contributed by atoms with Gasteiger partial charge in [0.25, 0.3) is 0 Å². The van der Waals surface area contributed by atoms with Gasteiger partial charge in [0.1, 0.15) is 6.33 Å². The summed E-state index contributed by atoms with van der Waals surface area (Å²) in [6.45, 7) is 6.96. The molecular weight excluding hydrogens is 358 g/mol. The van der Waals surface area contributed by atoms with Gasteiger partial charge in [0.05, 0.1) is 11.6 Å². The van der Waals surface area contributed by atoms with E-state index in [1.807, 2.05) is 10.6 Å². The second-order valence-corrected chi connectivity index (χ2v) is 8.69. The Morgan fingerprint density at radius 2 is 1.76 bits per heavy atom. The highest BCUT2D eigenvalue weighted by molar-refractivity contribution is 7.89. The van der Waals surface area contributed by atoms with Gasteiger partial charge in [-0.05, 0) is 38.2 Å². The smallest absolute Gasteiger partial charge is 0.243 e. The number of hydrogen-bond donors (Lipinski definition) is 0. The predicted molar refractivity (Wildman–Crippen MR) is 98.2 cm³/mol. The van der Waals surface area contributed by atoms with Crippen molar-refractivity contribution < 1.29 is 8.42 Å². The topological polar surface area (TPSA) is 63.4 Å². The lowest BCUT2D eigenvalue weighted by Gasteiger charge is -2.33. The van der Waals surface area contributed by atoms with Crippen molar-refractivity contribution in [2.75, 3.05) is 26.2 Å². The number of nitrogens with zero attached hydrogens (tertiary/aromatic N) is 5. The summed E-state index contributed by atoms with van der Waals surface area (Å²) in [6.07, 6.45) is 1.75. The summed E-state index contributed by atoms with van der Waals surface area (Å²) in [5.41, 5.74) is 0. The zero-order valence-electron chi connectivity index (χ0n) is 14.4. The zero-order chi connectivity index (χ0) is 18.0. The zero-order valence-corrected chi connectivity index (χ0v) is 16.1. The van der Waals surface area contributed by atoms with E-state index in [0.717, 1.165) is 0 Å². The summed E-state index contributed by atoms with van der Waals surface area (Å²) in [5.74, 6) is 0. The third-order valence-electron chi connectivity index (χ3n) is 4.36. The van der Waals surface area contributed by atoms with Crippen molar-refractivity contribution in [3.05, 3.63) is 41.4 Å². The van der Waals surface area contributed by atoms with E-state index < -0.39 is 10.0 Å². The van der Waals surface area contributed by atoms with E-state index in [1.54, 1.807) is 39.6 Å².